The van der Waals surface area contributed by atoms with Crippen LogP contribution in [0.5, 0.6) is 23.1 Å². The molecular formula is C22H18N6O4. The average Bonchev–Trinajstić information content (AvgIpc) is 3.36. The van der Waals surface area contributed by atoms with Crippen LogP contribution in [-0.4, -0.2) is 39.0 Å². The van der Waals surface area contributed by atoms with Crippen molar-refractivity contribution < 1.29 is 19.0 Å². The molecular weight excluding hydrogens is 412 g/mol. The van der Waals surface area contributed by atoms with Gasteiger partial charge in [0.25, 0.3) is 0 Å². The Labute approximate surface area is 182 Å². The van der Waals surface area contributed by atoms with Gasteiger partial charge in [-0.05, 0) is 42.5 Å². The van der Waals surface area contributed by atoms with Crippen molar-refractivity contribution in [1.82, 2.24) is 19.7 Å². The molecule has 2 aromatic heterocycles. The molecule has 4 aromatic rings. The SMILES string of the molecule is O=C(Nc1ccc(Oc2cc(-n3cccn3)ncn2)cc1)Nc1ccc2c(c1)OCCO2. The quantitative estimate of drug-likeness (QED) is 0.494. The van der Waals surface area contributed by atoms with Gasteiger partial charge in [-0.1, -0.05) is 0 Å². The number of carbonyl (C=O) groups excluding carboxylic acids is 1. The van der Waals surface area contributed by atoms with Crippen molar-refractivity contribution in [3.05, 3.63) is 73.3 Å². The first-order valence-electron chi connectivity index (χ1n) is 9.81. The van der Waals surface area contributed by atoms with Crippen LogP contribution in [0, 0.1) is 0 Å². The summed E-state index contributed by atoms with van der Waals surface area (Å²) in [4.78, 5) is 20.6. The number of ether oxygens (including phenoxy) is 3. The molecule has 0 radical (unpaired) electrons. The van der Waals surface area contributed by atoms with Crippen molar-refractivity contribution in [1.29, 1.82) is 0 Å². The number of nitrogens with zero attached hydrogens (tertiary/aromatic N) is 4. The highest BCUT2D eigenvalue weighted by molar-refractivity contribution is 5.99. The summed E-state index contributed by atoms with van der Waals surface area (Å²) in [6, 6.07) is 15.3. The summed E-state index contributed by atoms with van der Waals surface area (Å²) in [5.41, 5.74) is 1.20. The summed E-state index contributed by atoms with van der Waals surface area (Å²) in [5.74, 6) is 2.80. The molecule has 0 atom stereocenters. The van der Waals surface area contributed by atoms with E-state index in [9.17, 15) is 4.79 Å². The first kappa shape index (κ1) is 19.4. The van der Waals surface area contributed by atoms with E-state index < -0.39 is 0 Å². The Morgan fingerprint density at radius 2 is 1.72 bits per heavy atom. The number of rotatable bonds is 5. The predicted molar refractivity (Wildman–Crippen MR) is 116 cm³/mol. The number of carbonyl (C=O) groups is 1. The fourth-order valence-electron chi connectivity index (χ4n) is 3.06. The lowest BCUT2D eigenvalue weighted by Crippen LogP contribution is -2.20. The Kier molecular flexibility index (Phi) is 5.23. The second-order valence-corrected chi connectivity index (χ2v) is 6.73. The molecule has 0 unspecified atom stereocenters. The number of hydrogen-bond donors (Lipinski definition) is 2. The number of benzene rings is 2. The predicted octanol–water partition coefficient (Wildman–Crippen LogP) is 3.87. The Hall–Kier alpha value is -4.60. The third kappa shape index (κ3) is 4.43. The standard InChI is InChI=1S/C22H18N6O4/c29-22(27-16-4-7-18-19(12-16)31-11-10-30-18)26-15-2-5-17(6-3-15)32-21-13-20(23-14-24-21)28-9-1-8-25-28/h1-9,12-14H,10-11H2,(H2,26,27,29). The minimum absolute atomic E-state index is 0.377. The lowest BCUT2D eigenvalue weighted by atomic mass is 10.2. The third-order valence-corrected chi connectivity index (χ3v) is 4.50. The van der Waals surface area contributed by atoms with Crippen molar-refractivity contribution in [2.45, 2.75) is 0 Å². The second-order valence-electron chi connectivity index (χ2n) is 6.73. The van der Waals surface area contributed by atoms with E-state index in [-0.39, 0.29) is 6.03 Å². The summed E-state index contributed by atoms with van der Waals surface area (Å²) < 4.78 is 18.4. The Morgan fingerprint density at radius 3 is 2.53 bits per heavy atom. The molecule has 0 spiro atoms. The Morgan fingerprint density at radius 1 is 0.938 bits per heavy atom. The van der Waals surface area contributed by atoms with E-state index in [1.807, 2.05) is 0 Å². The van der Waals surface area contributed by atoms with Gasteiger partial charge in [0.05, 0.1) is 0 Å². The molecule has 0 saturated heterocycles. The van der Waals surface area contributed by atoms with E-state index in [1.165, 1.54) is 6.33 Å². The van der Waals surface area contributed by atoms with E-state index in [2.05, 4.69) is 25.7 Å². The van der Waals surface area contributed by atoms with Gasteiger partial charge in [-0.25, -0.2) is 19.4 Å². The maximum absolute atomic E-state index is 12.3. The van der Waals surface area contributed by atoms with Crippen LogP contribution in [0.1, 0.15) is 0 Å². The van der Waals surface area contributed by atoms with Crippen molar-refractivity contribution in [2.75, 3.05) is 23.8 Å². The number of nitrogens with one attached hydrogen (secondary N) is 2. The highest BCUT2D eigenvalue weighted by Gasteiger charge is 2.13. The molecule has 0 aliphatic carbocycles. The number of anilines is 2. The summed E-state index contributed by atoms with van der Waals surface area (Å²) >= 11 is 0. The van der Waals surface area contributed by atoms with Gasteiger partial charge in [0.15, 0.2) is 17.3 Å². The minimum atomic E-state index is -0.380. The number of amides is 2. The fourth-order valence-corrected chi connectivity index (χ4v) is 3.06. The Bertz CT molecular complexity index is 1230. The van der Waals surface area contributed by atoms with E-state index in [0.717, 1.165) is 0 Å². The first-order chi connectivity index (χ1) is 15.7. The van der Waals surface area contributed by atoms with Crippen LogP contribution in [0.25, 0.3) is 5.82 Å². The van der Waals surface area contributed by atoms with Crippen molar-refractivity contribution >= 4 is 17.4 Å². The van der Waals surface area contributed by atoms with Crippen molar-refractivity contribution in [3.8, 4) is 28.9 Å². The zero-order valence-electron chi connectivity index (χ0n) is 16.8. The molecule has 10 heteroatoms. The lowest BCUT2D eigenvalue weighted by molar-refractivity contribution is 0.171. The number of urea groups is 1. The van der Waals surface area contributed by atoms with E-state index in [1.54, 1.807) is 71.7 Å². The molecule has 0 bridgehead atoms. The summed E-state index contributed by atoms with van der Waals surface area (Å²) in [6.07, 6.45) is 4.85. The van der Waals surface area contributed by atoms with E-state index in [0.29, 0.717) is 53.5 Å². The highest BCUT2D eigenvalue weighted by Crippen LogP contribution is 2.32. The normalized spacial score (nSPS) is 12.1. The molecule has 2 aromatic carbocycles. The van der Waals surface area contributed by atoms with Crippen LogP contribution in [0.3, 0.4) is 0 Å². The molecule has 1 aliphatic heterocycles. The molecule has 32 heavy (non-hydrogen) atoms. The maximum atomic E-state index is 12.3. The Balaban J connectivity index is 1.20. The van der Waals surface area contributed by atoms with Gasteiger partial charge in [-0.15, -0.1) is 0 Å². The molecule has 1 aliphatic rings. The van der Waals surface area contributed by atoms with Crippen molar-refractivity contribution in [3.63, 3.8) is 0 Å². The van der Waals surface area contributed by atoms with Crippen LogP contribution in [0.4, 0.5) is 16.2 Å². The van der Waals surface area contributed by atoms with Gasteiger partial charge in [-0.3, -0.25) is 0 Å². The van der Waals surface area contributed by atoms with Gasteiger partial charge in [-0.2, -0.15) is 5.10 Å². The second kappa shape index (κ2) is 8.64. The van der Waals surface area contributed by atoms with Gasteiger partial charge in [0, 0.05) is 35.9 Å². The lowest BCUT2D eigenvalue weighted by Gasteiger charge is -2.19. The molecule has 0 saturated carbocycles. The van der Waals surface area contributed by atoms with Crippen LogP contribution < -0.4 is 24.8 Å². The average molecular weight is 430 g/mol. The first-order valence-corrected chi connectivity index (χ1v) is 9.81. The summed E-state index contributed by atoms with van der Waals surface area (Å²) in [5, 5.41) is 9.68. The molecule has 3 heterocycles. The van der Waals surface area contributed by atoms with Gasteiger partial charge in [0.1, 0.15) is 25.3 Å². The number of fused-ring (bicyclic) bond motifs is 1. The van der Waals surface area contributed by atoms with Gasteiger partial charge < -0.3 is 24.8 Å². The monoisotopic (exact) mass is 430 g/mol. The number of aromatic nitrogens is 4. The zero-order valence-corrected chi connectivity index (χ0v) is 16.8. The zero-order chi connectivity index (χ0) is 21.8. The molecule has 5 rings (SSSR count). The van der Waals surface area contributed by atoms with Gasteiger partial charge in [0.2, 0.25) is 5.88 Å². The number of hydrogen-bond acceptors (Lipinski definition) is 7. The van der Waals surface area contributed by atoms with Crippen LogP contribution in [0.15, 0.2) is 73.3 Å². The maximum Gasteiger partial charge on any atom is 0.323 e. The van der Waals surface area contributed by atoms with Gasteiger partial charge >= 0.3 is 6.03 Å². The molecule has 0 fully saturated rings. The molecule has 2 N–H and O–H groups in total. The smallest absolute Gasteiger partial charge is 0.323 e. The third-order valence-electron chi connectivity index (χ3n) is 4.50. The highest BCUT2D eigenvalue weighted by atomic mass is 16.6. The fraction of sp³-hybridized carbons (Fsp3) is 0.0909. The summed E-state index contributed by atoms with van der Waals surface area (Å²) in [7, 11) is 0. The molecule has 2 amide bonds. The summed E-state index contributed by atoms with van der Waals surface area (Å²) in [6.45, 7) is 0.999. The van der Waals surface area contributed by atoms with Crippen LogP contribution in [-0.2, 0) is 0 Å². The topological polar surface area (TPSA) is 112 Å². The molecule has 10 nitrogen and oxygen atoms in total. The van der Waals surface area contributed by atoms with Crippen molar-refractivity contribution in [2.24, 2.45) is 0 Å². The largest absolute Gasteiger partial charge is 0.486 e. The van der Waals surface area contributed by atoms with Crippen LogP contribution >= 0.6 is 0 Å². The van der Waals surface area contributed by atoms with E-state index >= 15 is 0 Å². The minimum Gasteiger partial charge on any atom is -0.486 e. The van der Waals surface area contributed by atoms with Crippen LogP contribution in [0.2, 0.25) is 0 Å². The van der Waals surface area contributed by atoms with E-state index in [4.69, 9.17) is 14.2 Å². The molecule has 160 valence electrons.